The summed E-state index contributed by atoms with van der Waals surface area (Å²) >= 11 is 11.9. The van der Waals surface area contributed by atoms with E-state index in [1.165, 1.54) is 7.05 Å². The molecule has 0 radical (unpaired) electrons. The Bertz CT molecular complexity index is 997. The Kier molecular flexibility index (Phi) is 4.92. The first-order valence-corrected chi connectivity index (χ1v) is 8.06. The molecule has 0 saturated heterocycles. The first kappa shape index (κ1) is 17.9. The molecule has 1 N–H and O–H groups in total. The molecule has 0 bridgehead atoms. The summed E-state index contributed by atoms with van der Waals surface area (Å²) in [6, 6.07) is 6.81. The molecule has 1 aromatic carbocycles. The summed E-state index contributed by atoms with van der Waals surface area (Å²) in [5, 5.41) is 22.4. The number of aromatic nitrogens is 4. The Labute approximate surface area is 157 Å². The van der Waals surface area contributed by atoms with Crippen molar-refractivity contribution in [3.05, 3.63) is 68.1 Å². The average Bonchev–Trinajstić information content (AvgIpc) is 3.17. The third-order valence-electron chi connectivity index (χ3n) is 3.54. The number of nitro groups is 1. The van der Waals surface area contributed by atoms with Crippen LogP contribution in [0.15, 0.2) is 36.7 Å². The largest absolute Gasteiger partial charge is 0.320 e. The van der Waals surface area contributed by atoms with E-state index in [4.69, 9.17) is 23.2 Å². The van der Waals surface area contributed by atoms with Crippen molar-refractivity contribution >= 4 is 40.6 Å². The molecule has 0 fully saturated rings. The topological polar surface area (TPSA) is 108 Å². The number of hydrogen-bond acceptors (Lipinski definition) is 5. The number of benzene rings is 1. The van der Waals surface area contributed by atoms with Crippen molar-refractivity contribution in [3.8, 4) is 0 Å². The third kappa shape index (κ3) is 3.68. The van der Waals surface area contributed by atoms with Crippen molar-refractivity contribution in [2.45, 2.75) is 6.54 Å². The smallest absolute Gasteiger partial charge is 0.304 e. The molecule has 0 spiro atoms. The second kappa shape index (κ2) is 7.14. The summed E-state index contributed by atoms with van der Waals surface area (Å²) in [5.74, 6) is -0.415. The molecule has 0 atom stereocenters. The first-order valence-electron chi connectivity index (χ1n) is 7.30. The van der Waals surface area contributed by atoms with Crippen LogP contribution in [0.5, 0.6) is 0 Å². The number of carbonyl (C=O) groups excluding carboxylic acids is 1. The third-order valence-corrected chi connectivity index (χ3v) is 4.28. The quantitative estimate of drug-likeness (QED) is 0.528. The van der Waals surface area contributed by atoms with Gasteiger partial charge in [-0.05, 0) is 17.7 Å². The van der Waals surface area contributed by atoms with Gasteiger partial charge in [0.15, 0.2) is 5.82 Å². The molecule has 0 saturated carbocycles. The molecule has 0 unspecified atom stereocenters. The minimum atomic E-state index is -0.670. The van der Waals surface area contributed by atoms with Gasteiger partial charge in [0, 0.05) is 19.3 Å². The number of carbonyl (C=O) groups is 1. The van der Waals surface area contributed by atoms with Crippen LogP contribution < -0.4 is 5.32 Å². The van der Waals surface area contributed by atoms with E-state index >= 15 is 0 Å². The minimum absolute atomic E-state index is 0.158. The van der Waals surface area contributed by atoms with E-state index < -0.39 is 10.8 Å². The highest BCUT2D eigenvalue weighted by Crippen LogP contribution is 2.23. The fourth-order valence-corrected chi connectivity index (χ4v) is 2.66. The highest BCUT2D eigenvalue weighted by molar-refractivity contribution is 6.42. The molecule has 26 heavy (non-hydrogen) atoms. The maximum atomic E-state index is 12.3. The van der Waals surface area contributed by atoms with Gasteiger partial charge >= 0.3 is 5.69 Å². The van der Waals surface area contributed by atoms with Gasteiger partial charge in [0.25, 0.3) is 5.91 Å². The van der Waals surface area contributed by atoms with Crippen LogP contribution in [-0.4, -0.2) is 30.4 Å². The molecular formula is C15H12Cl2N6O3. The molecule has 0 aliphatic heterocycles. The maximum Gasteiger partial charge on any atom is 0.320 e. The maximum absolute atomic E-state index is 12.3. The van der Waals surface area contributed by atoms with Gasteiger partial charge in [-0.15, -0.1) is 0 Å². The summed E-state index contributed by atoms with van der Waals surface area (Å²) in [5.41, 5.74) is 0.344. The van der Waals surface area contributed by atoms with E-state index in [0.29, 0.717) is 16.6 Å². The van der Waals surface area contributed by atoms with Gasteiger partial charge < -0.3 is 5.32 Å². The number of anilines is 1. The van der Waals surface area contributed by atoms with Crippen molar-refractivity contribution in [2.75, 3.05) is 5.32 Å². The summed E-state index contributed by atoms with van der Waals surface area (Å²) < 4.78 is 2.73. The number of nitrogens with zero attached hydrogens (tertiary/aromatic N) is 5. The van der Waals surface area contributed by atoms with E-state index in [-0.39, 0.29) is 17.2 Å². The predicted molar refractivity (Wildman–Crippen MR) is 95.6 cm³/mol. The number of rotatable bonds is 5. The van der Waals surface area contributed by atoms with Gasteiger partial charge in [0.1, 0.15) is 6.20 Å². The number of hydrogen-bond donors (Lipinski definition) is 1. The molecular weight excluding hydrogens is 383 g/mol. The van der Waals surface area contributed by atoms with E-state index in [9.17, 15) is 14.9 Å². The van der Waals surface area contributed by atoms with Gasteiger partial charge in [0.2, 0.25) is 5.69 Å². The fourth-order valence-electron chi connectivity index (χ4n) is 2.34. The van der Waals surface area contributed by atoms with Gasteiger partial charge in [-0.3, -0.25) is 24.3 Å². The van der Waals surface area contributed by atoms with Crippen LogP contribution in [-0.2, 0) is 13.6 Å². The van der Waals surface area contributed by atoms with Gasteiger partial charge in [-0.25, -0.2) is 0 Å². The molecule has 2 aromatic heterocycles. The van der Waals surface area contributed by atoms with E-state index in [1.807, 2.05) is 6.07 Å². The van der Waals surface area contributed by atoms with Crippen molar-refractivity contribution < 1.29 is 9.72 Å². The van der Waals surface area contributed by atoms with E-state index in [0.717, 1.165) is 16.4 Å². The van der Waals surface area contributed by atoms with Crippen LogP contribution in [0.1, 0.15) is 16.1 Å². The average molecular weight is 395 g/mol. The zero-order chi connectivity index (χ0) is 18.8. The van der Waals surface area contributed by atoms with Crippen molar-refractivity contribution in [1.82, 2.24) is 19.6 Å². The first-order chi connectivity index (χ1) is 12.3. The van der Waals surface area contributed by atoms with Crippen LogP contribution in [0, 0.1) is 10.1 Å². The monoisotopic (exact) mass is 394 g/mol. The van der Waals surface area contributed by atoms with Gasteiger partial charge in [-0.1, -0.05) is 29.3 Å². The molecule has 3 rings (SSSR count). The lowest BCUT2D eigenvalue weighted by molar-refractivity contribution is -0.385. The highest BCUT2D eigenvalue weighted by atomic mass is 35.5. The van der Waals surface area contributed by atoms with Crippen LogP contribution in [0.3, 0.4) is 0 Å². The van der Waals surface area contributed by atoms with Gasteiger partial charge in [-0.2, -0.15) is 10.2 Å². The Morgan fingerprint density at radius 3 is 2.77 bits per heavy atom. The lowest BCUT2D eigenvalue weighted by Crippen LogP contribution is -2.18. The second-order valence-electron chi connectivity index (χ2n) is 5.36. The second-order valence-corrected chi connectivity index (χ2v) is 6.17. The Morgan fingerprint density at radius 2 is 2.08 bits per heavy atom. The molecule has 9 nitrogen and oxygen atoms in total. The molecule has 0 aliphatic carbocycles. The molecule has 0 aliphatic rings. The number of nitrogens with one attached hydrogen (secondary N) is 1. The van der Waals surface area contributed by atoms with Crippen molar-refractivity contribution in [2.24, 2.45) is 7.05 Å². The lowest BCUT2D eigenvalue weighted by atomic mass is 10.2. The zero-order valence-electron chi connectivity index (χ0n) is 13.4. The molecule has 134 valence electrons. The predicted octanol–water partition coefficient (Wildman–Crippen LogP) is 3.13. The minimum Gasteiger partial charge on any atom is -0.304 e. The summed E-state index contributed by atoms with van der Waals surface area (Å²) in [4.78, 5) is 22.6. The summed E-state index contributed by atoms with van der Waals surface area (Å²) in [6.07, 6.45) is 2.69. The van der Waals surface area contributed by atoms with Crippen LogP contribution >= 0.6 is 23.2 Å². The van der Waals surface area contributed by atoms with E-state index in [2.05, 4.69) is 15.5 Å². The number of aryl methyl sites for hydroxylation is 1. The Hall–Kier alpha value is -2.91. The summed E-state index contributed by atoms with van der Waals surface area (Å²) in [6.45, 7) is 0.415. The Balaban J connectivity index is 1.74. The lowest BCUT2D eigenvalue weighted by Gasteiger charge is -2.04. The van der Waals surface area contributed by atoms with Crippen molar-refractivity contribution in [3.63, 3.8) is 0 Å². The Morgan fingerprint density at radius 1 is 1.31 bits per heavy atom. The highest BCUT2D eigenvalue weighted by Gasteiger charge is 2.25. The van der Waals surface area contributed by atoms with Crippen LogP contribution in [0.25, 0.3) is 0 Å². The van der Waals surface area contributed by atoms with E-state index in [1.54, 1.807) is 29.1 Å². The van der Waals surface area contributed by atoms with Crippen LogP contribution in [0.4, 0.5) is 11.5 Å². The molecule has 2 heterocycles. The molecule has 11 heteroatoms. The molecule has 1 amide bonds. The SMILES string of the molecule is Cn1ncc([N+](=O)[O-])c1C(=O)Nc1ccn(Cc2ccc(Cl)c(Cl)c2)n1. The zero-order valence-corrected chi connectivity index (χ0v) is 14.9. The van der Waals surface area contributed by atoms with Crippen LogP contribution in [0.2, 0.25) is 10.0 Å². The standard InChI is InChI=1S/C15H12Cl2N6O3/c1-21-14(12(7-18-21)23(25)26)15(24)19-13-4-5-22(20-13)8-9-2-3-10(16)11(17)6-9/h2-7H,8H2,1H3,(H,19,20,24). The van der Waals surface area contributed by atoms with Crippen molar-refractivity contribution in [1.29, 1.82) is 0 Å². The molecule has 3 aromatic rings. The fraction of sp³-hybridized carbons (Fsp3) is 0.133. The van der Waals surface area contributed by atoms with Gasteiger partial charge in [0.05, 0.1) is 21.5 Å². The number of amides is 1. The summed E-state index contributed by atoms with van der Waals surface area (Å²) in [7, 11) is 1.45. The normalized spacial score (nSPS) is 10.7. The number of halogens is 2.